The maximum atomic E-state index is 5.73. The van der Waals surface area contributed by atoms with Crippen LogP contribution in [-0.4, -0.2) is 21.6 Å². The Hall–Kier alpha value is -3.93. The number of pyridine rings is 1. The van der Waals surface area contributed by atoms with Crippen molar-refractivity contribution >= 4 is 17.3 Å². The van der Waals surface area contributed by atoms with Crippen LogP contribution in [0, 0.1) is 0 Å². The maximum Gasteiger partial charge on any atom is 0.163 e. The van der Waals surface area contributed by atoms with Crippen molar-refractivity contribution in [3.63, 3.8) is 0 Å². The van der Waals surface area contributed by atoms with Gasteiger partial charge in [-0.15, -0.1) is 0 Å². The third-order valence-corrected chi connectivity index (χ3v) is 4.40. The van der Waals surface area contributed by atoms with E-state index in [1.807, 2.05) is 85.9 Å². The van der Waals surface area contributed by atoms with Gasteiger partial charge < -0.3 is 15.4 Å². The van der Waals surface area contributed by atoms with E-state index in [9.17, 15) is 0 Å². The fourth-order valence-electron chi connectivity index (χ4n) is 3.00. The molecule has 0 amide bonds. The first-order valence-corrected chi connectivity index (χ1v) is 9.88. The highest BCUT2D eigenvalue weighted by atomic mass is 16.5. The first-order chi connectivity index (χ1) is 14.8. The topological polar surface area (TPSA) is 72.0 Å². The van der Waals surface area contributed by atoms with Gasteiger partial charge >= 0.3 is 0 Å². The van der Waals surface area contributed by atoms with E-state index in [4.69, 9.17) is 14.7 Å². The predicted octanol–water partition coefficient (Wildman–Crippen LogP) is 5.29. The standard InChI is InChI=1S/C24H23N5O/c1-2-30-21-13-7-6-12-20(21)27-23-15-22(26-17-18-9-8-14-25-16-18)28-24(29-23)19-10-4-3-5-11-19/h3-16H,2,17H2,1H3,(H2,26,27,28,29). The highest BCUT2D eigenvalue weighted by molar-refractivity contribution is 5.68. The predicted molar refractivity (Wildman–Crippen MR) is 120 cm³/mol. The van der Waals surface area contributed by atoms with Gasteiger partial charge in [0.1, 0.15) is 17.4 Å². The molecule has 6 nitrogen and oxygen atoms in total. The summed E-state index contributed by atoms with van der Waals surface area (Å²) in [5.74, 6) is 2.83. The van der Waals surface area contributed by atoms with E-state index in [1.165, 1.54) is 0 Å². The third kappa shape index (κ3) is 4.91. The first-order valence-electron chi connectivity index (χ1n) is 9.88. The lowest BCUT2D eigenvalue weighted by Gasteiger charge is -2.14. The van der Waals surface area contributed by atoms with Crippen molar-refractivity contribution in [2.24, 2.45) is 0 Å². The molecular weight excluding hydrogens is 374 g/mol. The quantitative estimate of drug-likeness (QED) is 0.421. The fourth-order valence-corrected chi connectivity index (χ4v) is 3.00. The number of anilines is 3. The molecule has 2 heterocycles. The molecule has 0 unspecified atom stereocenters. The average molecular weight is 397 g/mol. The fraction of sp³-hybridized carbons (Fsp3) is 0.125. The summed E-state index contributed by atoms with van der Waals surface area (Å²) >= 11 is 0. The molecule has 0 fully saturated rings. The Balaban J connectivity index is 1.65. The molecule has 2 N–H and O–H groups in total. The lowest BCUT2D eigenvalue weighted by molar-refractivity contribution is 0.342. The van der Waals surface area contributed by atoms with Gasteiger partial charge in [-0.1, -0.05) is 48.5 Å². The highest BCUT2D eigenvalue weighted by Gasteiger charge is 2.10. The van der Waals surface area contributed by atoms with E-state index in [-0.39, 0.29) is 0 Å². The minimum Gasteiger partial charge on any atom is -0.492 e. The maximum absolute atomic E-state index is 5.73. The van der Waals surface area contributed by atoms with Crippen LogP contribution in [0.15, 0.2) is 85.2 Å². The molecule has 0 bridgehead atoms. The second-order valence-corrected chi connectivity index (χ2v) is 6.60. The summed E-state index contributed by atoms with van der Waals surface area (Å²) in [6.45, 7) is 3.18. The molecule has 4 aromatic rings. The second kappa shape index (κ2) is 9.52. The normalized spacial score (nSPS) is 10.4. The molecule has 2 aromatic heterocycles. The molecule has 0 aliphatic carbocycles. The Bertz CT molecular complexity index is 1090. The molecule has 4 rings (SSSR count). The molecule has 150 valence electrons. The summed E-state index contributed by atoms with van der Waals surface area (Å²) in [6, 6.07) is 23.6. The minimum absolute atomic E-state index is 0.593. The van der Waals surface area contributed by atoms with Crippen molar-refractivity contribution < 1.29 is 4.74 Å². The van der Waals surface area contributed by atoms with Gasteiger partial charge in [-0.05, 0) is 30.7 Å². The number of aromatic nitrogens is 3. The van der Waals surface area contributed by atoms with E-state index >= 15 is 0 Å². The highest BCUT2D eigenvalue weighted by Crippen LogP contribution is 2.28. The number of nitrogens with zero attached hydrogens (tertiary/aromatic N) is 3. The Kier molecular flexibility index (Phi) is 6.15. The summed E-state index contributed by atoms with van der Waals surface area (Å²) in [4.78, 5) is 13.6. The van der Waals surface area contributed by atoms with E-state index in [0.717, 1.165) is 28.4 Å². The van der Waals surface area contributed by atoms with Crippen LogP contribution in [0.4, 0.5) is 17.3 Å². The van der Waals surface area contributed by atoms with Crippen LogP contribution in [0.5, 0.6) is 5.75 Å². The first kappa shape index (κ1) is 19.4. The van der Waals surface area contributed by atoms with Gasteiger partial charge in [-0.3, -0.25) is 4.98 Å². The van der Waals surface area contributed by atoms with Gasteiger partial charge in [0.25, 0.3) is 0 Å². The molecule has 2 aromatic carbocycles. The van der Waals surface area contributed by atoms with Crippen LogP contribution in [-0.2, 0) is 6.54 Å². The summed E-state index contributed by atoms with van der Waals surface area (Å²) in [7, 11) is 0. The van der Waals surface area contributed by atoms with Crippen LogP contribution in [0.1, 0.15) is 12.5 Å². The SMILES string of the molecule is CCOc1ccccc1Nc1cc(NCc2cccnc2)nc(-c2ccccc2)n1. The van der Waals surface area contributed by atoms with Crippen LogP contribution < -0.4 is 15.4 Å². The molecule has 0 radical (unpaired) electrons. The van der Waals surface area contributed by atoms with Gasteiger partial charge in [-0.2, -0.15) is 0 Å². The second-order valence-electron chi connectivity index (χ2n) is 6.60. The minimum atomic E-state index is 0.593. The van der Waals surface area contributed by atoms with Crippen molar-refractivity contribution in [2.75, 3.05) is 17.2 Å². The number of para-hydroxylation sites is 2. The van der Waals surface area contributed by atoms with E-state index < -0.39 is 0 Å². The Morgan fingerprint density at radius 2 is 1.67 bits per heavy atom. The van der Waals surface area contributed by atoms with Gasteiger partial charge in [0.05, 0.1) is 12.3 Å². The zero-order valence-corrected chi connectivity index (χ0v) is 16.7. The zero-order valence-electron chi connectivity index (χ0n) is 16.7. The lowest BCUT2D eigenvalue weighted by atomic mass is 10.2. The molecular formula is C24H23N5O. The van der Waals surface area contributed by atoms with Crippen molar-refractivity contribution in [2.45, 2.75) is 13.5 Å². The molecule has 0 atom stereocenters. The average Bonchev–Trinajstić information content (AvgIpc) is 2.80. The Labute approximate surface area is 176 Å². The van der Waals surface area contributed by atoms with Crippen molar-refractivity contribution in [3.05, 3.63) is 90.8 Å². The van der Waals surface area contributed by atoms with Crippen molar-refractivity contribution in [1.29, 1.82) is 0 Å². The summed E-state index contributed by atoms with van der Waals surface area (Å²) in [6.07, 6.45) is 3.60. The van der Waals surface area contributed by atoms with Gasteiger partial charge in [0.2, 0.25) is 0 Å². The van der Waals surface area contributed by atoms with Gasteiger partial charge in [-0.25, -0.2) is 9.97 Å². The number of benzene rings is 2. The number of nitrogens with one attached hydrogen (secondary N) is 2. The van der Waals surface area contributed by atoms with Gasteiger partial charge in [0, 0.05) is 30.6 Å². The summed E-state index contributed by atoms with van der Waals surface area (Å²) in [5.41, 5.74) is 2.88. The molecule has 0 saturated heterocycles. The number of hydrogen-bond donors (Lipinski definition) is 2. The summed E-state index contributed by atoms with van der Waals surface area (Å²) in [5, 5.41) is 6.75. The van der Waals surface area contributed by atoms with E-state index in [0.29, 0.717) is 24.8 Å². The van der Waals surface area contributed by atoms with Crippen LogP contribution in [0.25, 0.3) is 11.4 Å². The van der Waals surface area contributed by atoms with Crippen molar-refractivity contribution in [1.82, 2.24) is 15.0 Å². The molecule has 30 heavy (non-hydrogen) atoms. The largest absolute Gasteiger partial charge is 0.492 e. The molecule has 0 saturated carbocycles. The van der Waals surface area contributed by atoms with Crippen molar-refractivity contribution in [3.8, 4) is 17.1 Å². The molecule has 0 aliphatic heterocycles. The van der Waals surface area contributed by atoms with Crippen LogP contribution in [0.2, 0.25) is 0 Å². The van der Waals surface area contributed by atoms with Gasteiger partial charge in [0.15, 0.2) is 5.82 Å². The molecule has 0 spiro atoms. The number of rotatable bonds is 8. The Morgan fingerprint density at radius 1 is 0.867 bits per heavy atom. The lowest BCUT2D eigenvalue weighted by Crippen LogP contribution is -2.06. The smallest absolute Gasteiger partial charge is 0.163 e. The van der Waals surface area contributed by atoms with Crippen LogP contribution >= 0.6 is 0 Å². The van der Waals surface area contributed by atoms with E-state index in [2.05, 4.69) is 15.6 Å². The number of hydrogen-bond acceptors (Lipinski definition) is 6. The number of ether oxygens (including phenoxy) is 1. The zero-order chi connectivity index (χ0) is 20.6. The van der Waals surface area contributed by atoms with Crippen LogP contribution in [0.3, 0.4) is 0 Å². The summed E-state index contributed by atoms with van der Waals surface area (Å²) < 4.78 is 5.73. The molecule has 6 heteroatoms. The monoisotopic (exact) mass is 397 g/mol. The van der Waals surface area contributed by atoms with E-state index in [1.54, 1.807) is 6.20 Å². The Morgan fingerprint density at radius 3 is 2.47 bits per heavy atom. The third-order valence-electron chi connectivity index (χ3n) is 4.40. The molecule has 0 aliphatic rings.